The number of alkyl halides is 3. The molecule has 2 aromatic heterocycles. The maximum atomic E-state index is 12.7. The van der Waals surface area contributed by atoms with Gasteiger partial charge in [-0.05, 0) is 18.6 Å². The average Bonchev–Trinajstić information content (AvgIpc) is 3.02. The zero-order valence-electron chi connectivity index (χ0n) is 12.2. The number of nitrogens with zero attached hydrogens (tertiary/aromatic N) is 4. The van der Waals surface area contributed by atoms with Crippen LogP contribution in [0.5, 0.6) is 5.88 Å². The van der Waals surface area contributed by atoms with Crippen molar-refractivity contribution in [2.75, 3.05) is 24.6 Å². The molecule has 0 saturated carbocycles. The summed E-state index contributed by atoms with van der Waals surface area (Å²) in [7, 11) is 0. The minimum atomic E-state index is -4.43. The summed E-state index contributed by atoms with van der Waals surface area (Å²) in [5.74, 6) is 0.689. The smallest absolute Gasteiger partial charge is 0.433 e. The second kappa shape index (κ2) is 6.39. The van der Waals surface area contributed by atoms with Crippen LogP contribution in [-0.2, 0) is 6.18 Å². The van der Waals surface area contributed by atoms with Crippen LogP contribution in [-0.4, -0.2) is 34.6 Å². The zero-order chi connectivity index (χ0) is 16.3. The first-order valence-corrected chi connectivity index (χ1v) is 7.19. The Labute approximate surface area is 131 Å². The highest BCUT2D eigenvalue weighted by Gasteiger charge is 2.33. The Morgan fingerprint density at radius 3 is 2.83 bits per heavy atom. The molecule has 2 aromatic rings. The molecule has 1 aliphatic rings. The molecule has 122 valence electrons. The summed E-state index contributed by atoms with van der Waals surface area (Å²) in [6, 6.07) is 2.69. The maximum Gasteiger partial charge on any atom is 0.433 e. The highest BCUT2D eigenvalue weighted by molar-refractivity contribution is 5.48. The minimum Gasteiger partial charge on any atom is -0.476 e. The fourth-order valence-corrected chi connectivity index (χ4v) is 2.54. The van der Waals surface area contributed by atoms with E-state index in [1.807, 2.05) is 4.90 Å². The van der Waals surface area contributed by atoms with E-state index in [1.54, 1.807) is 18.5 Å². The van der Waals surface area contributed by atoms with E-state index >= 15 is 0 Å². The van der Waals surface area contributed by atoms with E-state index in [0.29, 0.717) is 31.3 Å². The molecule has 0 radical (unpaired) electrons. The van der Waals surface area contributed by atoms with Gasteiger partial charge < -0.3 is 9.64 Å². The Bertz CT molecular complexity index is 651. The molecule has 0 aliphatic carbocycles. The van der Waals surface area contributed by atoms with Crippen molar-refractivity contribution >= 4 is 5.69 Å². The predicted molar refractivity (Wildman–Crippen MR) is 77.1 cm³/mol. The van der Waals surface area contributed by atoms with E-state index < -0.39 is 11.9 Å². The number of anilines is 1. The van der Waals surface area contributed by atoms with E-state index in [2.05, 4.69) is 15.0 Å². The summed E-state index contributed by atoms with van der Waals surface area (Å²) >= 11 is 0. The third-order valence-electron chi connectivity index (χ3n) is 3.69. The summed E-state index contributed by atoms with van der Waals surface area (Å²) in [5, 5.41) is 0. The molecule has 23 heavy (non-hydrogen) atoms. The third kappa shape index (κ3) is 3.88. The van der Waals surface area contributed by atoms with E-state index in [1.165, 1.54) is 12.4 Å². The second-order valence-corrected chi connectivity index (χ2v) is 5.35. The van der Waals surface area contributed by atoms with Gasteiger partial charge in [-0.15, -0.1) is 0 Å². The van der Waals surface area contributed by atoms with Crippen molar-refractivity contribution in [2.45, 2.75) is 12.6 Å². The maximum absolute atomic E-state index is 12.7. The van der Waals surface area contributed by atoms with Crippen LogP contribution in [0.4, 0.5) is 18.9 Å². The average molecular weight is 324 g/mol. The summed E-state index contributed by atoms with van der Waals surface area (Å²) in [5.41, 5.74) is -0.330. The molecule has 0 spiro atoms. The third-order valence-corrected chi connectivity index (χ3v) is 3.69. The van der Waals surface area contributed by atoms with Crippen LogP contribution in [0, 0.1) is 5.92 Å². The van der Waals surface area contributed by atoms with Crippen molar-refractivity contribution in [2.24, 2.45) is 5.92 Å². The van der Waals surface area contributed by atoms with E-state index in [4.69, 9.17) is 4.74 Å². The lowest BCUT2D eigenvalue weighted by atomic mass is 10.1. The van der Waals surface area contributed by atoms with Gasteiger partial charge >= 0.3 is 6.18 Å². The molecule has 1 atom stereocenters. The van der Waals surface area contributed by atoms with Gasteiger partial charge in [-0.1, -0.05) is 0 Å². The van der Waals surface area contributed by atoms with Gasteiger partial charge in [0.1, 0.15) is 5.69 Å². The summed E-state index contributed by atoms with van der Waals surface area (Å²) in [6.07, 6.45) is 2.26. The topological polar surface area (TPSA) is 51.1 Å². The lowest BCUT2D eigenvalue weighted by Crippen LogP contribution is -2.22. The Morgan fingerprint density at radius 1 is 1.22 bits per heavy atom. The lowest BCUT2D eigenvalue weighted by molar-refractivity contribution is -0.141. The first kappa shape index (κ1) is 15.5. The molecule has 1 saturated heterocycles. The summed E-state index contributed by atoms with van der Waals surface area (Å²) in [6.45, 7) is 1.80. The quantitative estimate of drug-likeness (QED) is 0.865. The fourth-order valence-electron chi connectivity index (χ4n) is 2.54. The zero-order valence-corrected chi connectivity index (χ0v) is 12.2. The van der Waals surface area contributed by atoms with E-state index in [9.17, 15) is 13.2 Å². The molecule has 3 heterocycles. The van der Waals surface area contributed by atoms with Crippen molar-refractivity contribution < 1.29 is 17.9 Å². The molecule has 8 heteroatoms. The van der Waals surface area contributed by atoms with Crippen molar-refractivity contribution in [1.82, 2.24) is 15.0 Å². The summed E-state index contributed by atoms with van der Waals surface area (Å²) < 4.78 is 43.7. The lowest BCUT2D eigenvalue weighted by Gasteiger charge is -2.19. The monoisotopic (exact) mass is 324 g/mol. The highest BCUT2D eigenvalue weighted by Crippen LogP contribution is 2.31. The number of rotatable bonds is 4. The van der Waals surface area contributed by atoms with E-state index in [0.717, 1.165) is 12.5 Å². The Balaban J connectivity index is 1.59. The van der Waals surface area contributed by atoms with Gasteiger partial charge in [0.2, 0.25) is 5.88 Å². The second-order valence-electron chi connectivity index (χ2n) is 5.35. The summed E-state index contributed by atoms with van der Waals surface area (Å²) in [4.78, 5) is 13.2. The molecule has 1 fully saturated rings. The van der Waals surface area contributed by atoms with Gasteiger partial charge in [0.15, 0.2) is 0 Å². The number of pyridine rings is 1. The van der Waals surface area contributed by atoms with Gasteiger partial charge in [0.25, 0.3) is 0 Å². The first-order valence-electron chi connectivity index (χ1n) is 7.19. The number of halogens is 3. The molecule has 1 aliphatic heterocycles. The van der Waals surface area contributed by atoms with Gasteiger partial charge in [-0.2, -0.15) is 13.2 Å². The Kier molecular flexibility index (Phi) is 4.31. The van der Waals surface area contributed by atoms with Crippen LogP contribution < -0.4 is 9.64 Å². The van der Waals surface area contributed by atoms with Crippen molar-refractivity contribution in [3.05, 3.63) is 42.6 Å². The molecule has 0 amide bonds. The molecule has 0 aromatic carbocycles. The molecule has 1 unspecified atom stereocenters. The first-order chi connectivity index (χ1) is 11.0. The number of hydrogen-bond donors (Lipinski definition) is 0. The largest absolute Gasteiger partial charge is 0.476 e. The van der Waals surface area contributed by atoms with Gasteiger partial charge in [0, 0.05) is 43.3 Å². The van der Waals surface area contributed by atoms with Crippen molar-refractivity contribution in [3.63, 3.8) is 0 Å². The molecular weight excluding hydrogens is 309 g/mol. The molecule has 0 bridgehead atoms. The van der Waals surface area contributed by atoms with E-state index in [-0.39, 0.29) is 5.92 Å². The molecule has 3 rings (SSSR count). The number of hydrogen-bond acceptors (Lipinski definition) is 5. The van der Waals surface area contributed by atoms with Crippen molar-refractivity contribution in [3.8, 4) is 5.88 Å². The molecular formula is C15H15F3N4O. The Hall–Kier alpha value is -2.38. The standard InChI is InChI=1S/C15H15F3N4O/c16-15(17,18)13-7-12(1-3-20-13)22-6-2-11(9-22)10-23-14-8-19-4-5-21-14/h1,3-5,7-8,11H,2,6,9-10H2. The highest BCUT2D eigenvalue weighted by atomic mass is 19.4. The van der Waals surface area contributed by atoms with Crippen LogP contribution in [0.1, 0.15) is 12.1 Å². The van der Waals surface area contributed by atoms with Crippen LogP contribution >= 0.6 is 0 Å². The van der Waals surface area contributed by atoms with Crippen LogP contribution in [0.15, 0.2) is 36.9 Å². The van der Waals surface area contributed by atoms with Gasteiger partial charge in [0.05, 0.1) is 12.8 Å². The minimum absolute atomic E-state index is 0.236. The number of ether oxygens (including phenoxy) is 1. The normalized spacial score (nSPS) is 18.2. The van der Waals surface area contributed by atoms with Crippen LogP contribution in [0.2, 0.25) is 0 Å². The van der Waals surface area contributed by atoms with Gasteiger partial charge in [-0.25, -0.2) is 4.98 Å². The number of aromatic nitrogens is 3. The van der Waals surface area contributed by atoms with Crippen molar-refractivity contribution in [1.29, 1.82) is 0 Å². The predicted octanol–water partition coefficient (Wildman–Crippen LogP) is 2.80. The molecule has 0 N–H and O–H groups in total. The van der Waals surface area contributed by atoms with Gasteiger partial charge in [-0.3, -0.25) is 9.97 Å². The Morgan fingerprint density at radius 2 is 2.09 bits per heavy atom. The fraction of sp³-hybridized carbons (Fsp3) is 0.400. The SMILES string of the molecule is FC(F)(F)c1cc(N2CCC(COc3cnccn3)C2)ccn1. The van der Waals surface area contributed by atoms with Crippen LogP contribution in [0.25, 0.3) is 0 Å². The van der Waals surface area contributed by atoms with Crippen LogP contribution in [0.3, 0.4) is 0 Å². The molecule has 5 nitrogen and oxygen atoms in total.